The second-order valence-electron chi connectivity index (χ2n) is 3.65. The summed E-state index contributed by atoms with van der Waals surface area (Å²) in [5, 5.41) is 7.26. The summed E-state index contributed by atoms with van der Waals surface area (Å²) in [6.45, 7) is 3.04. The Morgan fingerprint density at radius 1 is 1.67 bits per heavy atom. The Balaban J connectivity index is 0.00000112. The monoisotopic (exact) mass is 232 g/mol. The van der Waals surface area contributed by atoms with Gasteiger partial charge in [-0.3, -0.25) is 0 Å². The Labute approximate surface area is 95.2 Å². The molecule has 86 valence electrons. The number of hydrogen-bond acceptors (Lipinski definition) is 5. The maximum Gasteiger partial charge on any atom is 0.243 e. The molecule has 2 atom stereocenters. The average molecular weight is 233 g/mol. The number of nitrogens with one attached hydrogen (secondary N) is 1. The molecular weight excluding hydrogens is 216 g/mol. The third-order valence-electron chi connectivity index (χ3n) is 2.59. The largest absolute Gasteiger partial charge is 0.338 e. The Morgan fingerprint density at radius 3 is 3.07 bits per heavy atom. The molecule has 0 aromatic carbocycles. The first-order valence-corrected chi connectivity index (χ1v) is 5.13. The van der Waals surface area contributed by atoms with Crippen LogP contribution < -0.4 is 11.1 Å². The number of rotatable bonds is 3. The predicted octanol–water partition coefficient (Wildman–Crippen LogP) is 1.33. The molecule has 1 aromatic heterocycles. The highest BCUT2D eigenvalue weighted by Crippen LogP contribution is 2.21. The van der Waals surface area contributed by atoms with Crippen molar-refractivity contribution in [1.29, 1.82) is 0 Å². The minimum Gasteiger partial charge on any atom is -0.338 e. The van der Waals surface area contributed by atoms with Gasteiger partial charge in [-0.25, -0.2) is 0 Å². The van der Waals surface area contributed by atoms with E-state index in [1.54, 1.807) is 0 Å². The van der Waals surface area contributed by atoms with Gasteiger partial charge in [-0.15, -0.1) is 12.4 Å². The van der Waals surface area contributed by atoms with Crippen LogP contribution in [0.1, 0.15) is 50.0 Å². The van der Waals surface area contributed by atoms with Crippen molar-refractivity contribution in [1.82, 2.24) is 15.5 Å². The Hall–Kier alpha value is -0.650. The smallest absolute Gasteiger partial charge is 0.243 e. The van der Waals surface area contributed by atoms with E-state index in [0.29, 0.717) is 5.89 Å². The zero-order valence-electron chi connectivity index (χ0n) is 8.77. The fourth-order valence-corrected chi connectivity index (χ4v) is 1.62. The van der Waals surface area contributed by atoms with Crippen LogP contribution in [-0.4, -0.2) is 16.7 Å². The van der Waals surface area contributed by atoms with Gasteiger partial charge in [0, 0.05) is 0 Å². The molecular formula is C9H17ClN4O. The van der Waals surface area contributed by atoms with E-state index in [4.69, 9.17) is 10.3 Å². The second kappa shape index (κ2) is 5.44. The Bertz CT molecular complexity index is 298. The lowest BCUT2D eigenvalue weighted by Gasteiger charge is -2.02. The molecule has 3 N–H and O–H groups in total. The summed E-state index contributed by atoms with van der Waals surface area (Å²) >= 11 is 0. The van der Waals surface area contributed by atoms with Gasteiger partial charge in [0.15, 0.2) is 5.82 Å². The highest BCUT2D eigenvalue weighted by atomic mass is 35.5. The van der Waals surface area contributed by atoms with Crippen LogP contribution in [0.15, 0.2) is 4.52 Å². The molecule has 2 rings (SSSR count). The Morgan fingerprint density at radius 2 is 2.47 bits per heavy atom. The van der Waals surface area contributed by atoms with Crippen LogP contribution >= 0.6 is 12.4 Å². The van der Waals surface area contributed by atoms with E-state index in [-0.39, 0.29) is 24.5 Å². The molecule has 2 heterocycles. The topological polar surface area (TPSA) is 77.0 Å². The number of nitrogens with zero attached hydrogens (tertiary/aromatic N) is 2. The molecule has 15 heavy (non-hydrogen) atoms. The zero-order valence-corrected chi connectivity index (χ0v) is 9.59. The van der Waals surface area contributed by atoms with Crippen molar-refractivity contribution >= 4 is 12.4 Å². The molecule has 1 aliphatic rings. The third-order valence-corrected chi connectivity index (χ3v) is 2.59. The molecule has 5 nitrogen and oxygen atoms in total. The summed E-state index contributed by atoms with van der Waals surface area (Å²) in [7, 11) is 0. The number of halogens is 1. The number of hydrogen-bond donors (Lipinski definition) is 2. The van der Waals surface area contributed by atoms with E-state index in [9.17, 15) is 0 Å². The summed E-state index contributed by atoms with van der Waals surface area (Å²) < 4.78 is 5.10. The fraction of sp³-hybridized carbons (Fsp3) is 0.778. The van der Waals surface area contributed by atoms with Gasteiger partial charge < -0.3 is 15.6 Å². The van der Waals surface area contributed by atoms with Crippen molar-refractivity contribution in [2.45, 2.75) is 38.3 Å². The normalized spacial score (nSPS) is 22.4. The first kappa shape index (κ1) is 12.4. The molecule has 1 aliphatic heterocycles. The van der Waals surface area contributed by atoms with Crippen LogP contribution in [0.4, 0.5) is 0 Å². The van der Waals surface area contributed by atoms with Crippen LogP contribution in [0.2, 0.25) is 0 Å². The molecule has 6 heteroatoms. The van der Waals surface area contributed by atoms with Crippen molar-refractivity contribution in [2.24, 2.45) is 5.73 Å². The summed E-state index contributed by atoms with van der Waals surface area (Å²) in [5.74, 6) is 1.30. The van der Waals surface area contributed by atoms with E-state index in [1.165, 1.54) is 6.42 Å². The van der Waals surface area contributed by atoms with Gasteiger partial charge in [0.2, 0.25) is 5.89 Å². The van der Waals surface area contributed by atoms with E-state index in [2.05, 4.69) is 15.5 Å². The Kier molecular flexibility index (Phi) is 4.50. The van der Waals surface area contributed by atoms with Crippen LogP contribution in [-0.2, 0) is 0 Å². The maximum absolute atomic E-state index is 5.79. The van der Waals surface area contributed by atoms with E-state index in [1.807, 2.05) is 6.92 Å². The lowest BCUT2D eigenvalue weighted by molar-refractivity contribution is 0.345. The van der Waals surface area contributed by atoms with E-state index in [0.717, 1.165) is 25.2 Å². The summed E-state index contributed by atoms with van der Waals surface area (Å²) in [6, 6.07) is 0.134. The third kappa shape index (κ3) is 2.68. The van der Waals surface area contributed by atoms with Crippen molar-refractivity contribution in [3.8, 4) is 0 Å². The van der Waals surface area contributed by atoms with Gasteiger partial charge in [-0.2, -0.15) is 4.98 Å². The molecule has 1 saturated heterocycles. The first-order valence-electron chi connectivity index (χ1n) is 5.13. The van der Waals surface area contributed by atoms with Crippen LogP contribution in [0.25, 0.3) is 0 Å². The SMILES string of the molecule is CC[C@H](N)c1nc(C2CCCN2)no1.Cl. The lowest BCUT2D eigenvalue weighted by Crippen LogP contribution is -2.15. The molecule has 0 radical (unpaired) electrons. The molecule has 0 aliphatic carbocycles. The standard InChI is InChI=1S/C9H16N4O.ClH/c1-2-6(10)9-12-8(13-14-9)7-4-3-5-11-7;/h6-7,11H,2-5,10H2,1H3;1H/t6-,7?;/m0./s1. The quantitative estimate of drug-likeness (QED) is 0.822. The lowest BCUT2D eigenvalue weighted by atomic mass is 10.2. The van der Waals surface area contributed by atoms with Gasteiger partial charge in [-0.05, 0) is 25.8 Å². The van der Waals surface area contributed by atoms with Crippen LogP contribution in [0.3, 0.4) is 0 Å². The summed E-state index contributed by atoms with van der Waals surface area (Å²) in [4.78, 5) is 4.30. The van der Waals surface area contributed by atoms with Gasteiger partial charge >= 0.3 is 0 Å². The van der Waals surface area contributed by atoms with Crippen molar-refractivity contribution < 1.29 is 4.52 Å². The van der Waals surface area contributed by atoms with Gasteiger partial charge in [-0.1, -0.05) is 12.1 Å². The van der Waals surface area contributed by atoms with Gasteiger partial charge in [0.05, 0.1) is 12.1 Å². The number of aromatic nitrogens is 2. The molecule has 1 unspecified atom stereocenters. The molecule has 1 fully saturated rings. The predicted molar refractivity (Wildman–Crippen MR) is 58.7 cm³/mol. The van der Waals surface area contributed by atoms with Crippen molar-refractivity contribution in [2.75, 3.05) is 6.54 Å². The maximum atomic E-state index is 5.79. The zero-order chi connectivity index (χ0) is 9.97. The minimum atomic E-state index is -0.127. The molecule has 0 spiro atoms. The molecule has 1 aromatic rings. The minimum absolute atomic E-state index is 0. The highest BCUT2D eigenvalue weighted by Gasteiger charge is 2.22. The molecule has 0 bridgehead atoms. The summed E-state index contributed by atoms with van der Waals surface area (Å²) in [6.07, 6.45) is 3.08. The fourth-order valence-electron chi connectivity index (χ4n) is 1.62. The molecule has 0 saturated carbocycles. The highest BCUT2D eigenvalue weighted by molar-refractivity contribution is 5.85. The second-order valence-corrected chi connectivity index (χ2v) is 3.65. The van der Waals surface area contributed by atoms with Crippen molar-refractivity contribution in [3.63, 3.8) is 0 Å². The van der Waals surface area contributed by atoms with Crippen LogP contribution in [0, 0.1) is 0 Å². The van der Waals surface area contributed by atoms with Gasteiger partial charge in [0.25, 0.3) is 0 Å². The van der Waals surface area contributed by atoms with E-state index >= 15 is 0 Å². The van der Waals surface area contributed by atoms with E-state index < -0.39 is 0 Å². The first-order chi connectivity index (χ1) is 6.81. The van der Waals surface area contributed by atoms with Gasteiger partial charge in [0.1, 0.15) is 0 Å². The summed E-state index contributed by atoms with van der Waals surface area (Å²) in [5.41, 5.74) is 5.79. The van der Waals surface area contributed by atoms with Crippen molar-refractivity contribution in [3.05, 3.63) is 11.7 Å². The average Bonchev–Trinajstić information content (AvgIpc) is 2.86. The number of nitrogens with two attached hydrogens (primary N) is 1. The van der Waals surface area contributed by atoms with Crippen LogP contribution in [0.5, 0.6) is 0 Å². The molecule has 0 amide bonds.